The summed E-state index contributed by atoms with van der Waals surface area (Å²) in [7, 11) is 1.44. The van der Waals surface area contributed by atoms with Crippen molar-refractivity contribution in [3.05, 3.63) is 70.9 Å². The summed E-state index contributed by atoms with van der Waals surface area (Å²) < 4.78 is 11.3. The third-order valence-electron chi connectivity index (χ3n) is 15.4. The molecule has 10 nitrogen and oxygen atoms in total. The van der Waals surface area contributed by atoms with E-state index in [0.29, 0.717) is 60.7 Å². The Hall–Kier alpha value is -3.86. The Balaban J connectivity index is 0.893. The number of methoxy groups -OCH3 is 1. The van der Waals surface area contributed by atoms with Gasteiger partial charge in [-0.05, 0) is 135 Å². The van der Waals surface area contributed by atoms with Crippen molar-refractivity contribution < 1.29 is 34.1 Å². The molecule has 57 heavy (non-hydrogen) atoms. The quantitative estimate of drug-likeness (QED) is 0.0780. The van der Waals surface area contributed by atoms with Gasteiger partial charge in [0, 0.05) is 30.5 Å². The van der Waals surface area contributed by atoms with E-state index in [2.05, 4.69) is 36.4 Å². The van der Waals surface area contributed by atoms with E-state index in [-0.39, 0.29) is 52.3 Å². The SMILES string of the molecule is COC(=O)CCC(C)C1CCC2C3C(O)CC4CC(OCCNC(=O)c5ccc(CNc6c(C(C)=O)c(C)nc7ccccc67)cc5)CCC4(C)C3CC(O)C12C. The summed E-state index contributed by atoms with van der Waals surface area (Å²) in [5.41, 5.74) is 4.23. The summed E-state index contributed by atoms with van der Waals surface area (Å²) in [6, 6.07) is 15.3. The first-order chi connectivity index (χ1) is 27.3. The van der Waals surface area contributed by atoms with Crippen molar-refractivity contribution in [1.82, 2.24) is 10.3 Å². The van der Waals surface area contributed by atoms with E-state index in [1.165, 1.54) is 7.11 Å². The fraction of sp³-hybridized carbons (Fsp3) is 0.617. The molecule has 4 aliphatic rings. The minimum atomic E-state index is -0.428. The van der Waals surface area contributed by atoms with Gasteiger partial charge in [-0.2, -0.15) is 0 Å². The van der Waals surface area contributed by atoms with Gasteiger partial charge in [0.25, 0.3) is 5.91 Å². The number of benzene rings is 2. The highest BCUT2D eigenvalue weighted by Crippen LogP contribution is 2.68. The van der Waals surface area contributed by atoms with Crippen molar-refractivity contribution in [1.29, 1.82) is 0 Å². The number of fused-ring (bicyclic) bond motifs is 6. The molecule has 1 amide bonds. The lowest BCUT2D eigenvalue weighted by molar-refractivity contribution is -0.209. The second kappa shape index (κ2) is 16.8. The Morgan fingerprint density at radius 3 is 2.47 bits per heavy atom. The number of carbonyl (C=O) groups is 3. The summed E-state index contributed by atoms with van der Waals surface area (Å²) >= 11 is 0. The van der Waals surface area contributed by atoms with Gasteiger partial charge in [0.05, 0.1) is 54.5 Å². The largest absolute Gasteiger partial charge is 0.469 e. The molecule has 3 aromatic rings. The van der Waals surface area contributed by atoms with E-state index in [1.807, 2.05) is 55.5 Å². The van der Waals surface area contributed by atoms with E-state index >= 15 is 0 Å². The lowest BCUT2D eigenvalue weighted by Gasteiger charge is -2.63. The molecule has 0 radical (unpaired) electrons. The molecule has 4 N–H and O–H groups in total. The van der Waals surface area contributed by atoms with Crippen LogP contribution in [0.5, 0.6) is 0 Å². The molecule has 0 spiro atoms. The van der Waals surface area contributed by atoms with Crippen molar-refractivity contribution in [2.45, 2.75) is 117 Å². The normalized spacial score (nSPS) is 32.4. The first-order valence-electron chi connectivity index (χ1n) is 21.3. The molecule has 0 aliphatic heterocycles. The van der Waals surface area contributed by atoms with Crippen molar-refractivity contribution in [3.63, 3.8) is 0 Å². The molecule has 2 aromatic carbocycles. The Bertz CT molecular complexity index is 1950. The number of aryl methyl sites for hydroxylation is 1. The Labute approximate surface area is 337 Å². The summed E-state index contributed by atoms with van der Waals surface area (Å²) in [4.78, 5) is 42.1. The number of aliphatic hydroxyl groups is 2. The molecule has 1 heterocycles. The number of rotatable bonds is 13. The number of para-hydroxylation sites is 1. The van der Waals surface area contributed by atoms with Gasteiger partial charge >= 0.3 is 5.97 Å². The average molecular weight is 782 g/mol. The zero-order valence-corrected chi connectivity index (χ0v) is 34.7. The lowest BCUT2D eigenvalue weighted by atomic mass is 9.43. The minimum Gasteiger partial charge on any atom is -0.469 e. The standard InChI is InChI=1S/C47H63N3O7/c1-27(11-18-41(54)56-6)35-16-17-36-43-37(25-40(53)47(35,36)5)46(4)20-19-33(23-32(46)24-39(43)52)57-22-21-48-45(55)31-14-12-30(13-15-31)26-49-44-34-9-7-8-10-38(34)50-28(2)42(44)29(3)51/h7-10,12-15,27,32-33,35-37,39-40,43,52-53H,11,16-26H2,1-6H3,(H,48,55)(H,49,50). The highest BCUT2D eigenvalue weighted by Gasteiger charge is 2.65. The van der Waals surface area contributed by atoms with E-state index in [9.17, 15) is 24.6 Å². The number of ketones is 1. The van der Waals surface area contributed by atoms with Crippen LogP contribution in [0, 0.1) is 53.3 Å². The third kappa shape index (κ3) is 7.86. The van der Waals surface area contributed by atoms with Gasteiger partial charge in [0.2, 0.25) is 0 Å². The van der Waals surface area contributed by atoms with Crippen LogP contribution in [0.25, 0.3) is 10.9 Å². The van der Waals surface area contributed by atoms with Gasteiger partial charge in [0.15, 0.2) is 5.78 Å². The van der Waals surface area contributed by atoms with E-state index in [1.54, 1.807) is 6.92 Å². The maximum absolute atomic E-state index is 13.1. The van der Waals surface area contributed by atoms with Gasteiger partial charge in [-0.1, -0.05) is 51.1 Å². The first-order valence-corrected chi connectivity index (χ1v) is 21.3. The van der Waals surface area contributed by atoms with Crippen LogP contribution in [0.3, 0.4) is 0 Å². The number of ether oxygens (including phenoxy) is 2. The average Bonchev–Trinajstić information content (AvgIpc) is 3.56. The number of hydrogen-bond donors (Lipinski definition) is 4. The van der Waals surface area contributed by atoms with Crippen LogP contribution in [0.15, 0.2) is 48.5 Å². The Kier molecular flexibility index (Phi) is 12.2. The van der Waals surface area contributed by atoms with Crippen LogP contribution >= 0.6 is 0 Å². The number of nitrogens with zero attached hydrogens (tertiary/aromatic N) is 1. The molecule has 11 unspecified atom stereocenters. The maximum Gasteiger partial charge on any atom is 0.305 e. The van der Waals surface area contributed by atoms with Crippen LogP contribution in [-0.4, -0.2) is 71.4 Å². The topological polar surface area (TPSA) is 147 Å². The van der Waals surface area contributed by atoms with Crippen LogP contribution in [0.2, 0.25) is 0 Å². The van der Waals surface area contributed by atoms with Gasteiger partial charge in [-0.3, -0.25) is 19.4 Å². The third-order valence-corrected chi connectivity index (χ3v) is 15.4. The van der Waals surface area contributed by atoms with Crippen molar-refractivity contribution >= 4 is 34.3 Å². The van der Waals surface area contributed by atoms with Crippen LogP contribution < -0.4 is 10.6 Å². The molecular formula is C47H63N3O7. The number of Topliss-reactive ketones (excluding diaryl/α,β-unsaturated/α-hetero) is 1. The number of hydrogen-bond acceptors (Lipinski definition) is 9. The number of aliphatic hydroxyl groups excluding tert-OH is 2. The van der Waals surface area contributed by atoms with Crippen LogP contribution in [-0.2, 0) is 20.8 Å². The maximum atomic E-state index is 13.1. The first kappa shape index (κ1) is 41.3. The molecule has 11 atom stereocenters. The summed E-state index contributed by atoms with van der Waals surface area (Å²) in [5.74, 6) is 1.29. The second-order valence-corrected chi connectivity index (χ2v) is 18.3. The smallest absolute Gasteiger partial charge is 0.305 e. The highest BCUT2D eigenvalue weighted by molar-refractivity contribution is 6.08. The predicted molar refractivity (Wildman–Crippen MR) is 221 cm³/mol. The van der Waals surface area contributed by atoms with Crippen LogP contribution in [0.4, 0.5) is 5.69 Å². The van der Waals surface area contributed by atoms with Crippen molar-refractivity contribution in [3.8, 4) is 0 Å². The van der Waals surface area contributed by atoms with Crippen LogP contribution in [0.1, 0.15) is 117 Å². The predicted octanol–water partition coefficient (Wildman–Crippen LogP) is 7.66. The summed E-state index contributed by atoms with van der Waals surface area (Å²) in [5, 5.41) is 31.1. The number of nitrogens with one attached hydrogen (secondary N) is 2. The monoisotopic (exact) mass is 781 g/mol. The van der Waals surface area contributed by atoms with Gasteiger partial charge in [0.1, 0.15) is 0 Å². The fourth-order valence-corrected chi connectivity index (χ4v) is 12.3. The molecule has 10 heteroatoms. The lowest BCUT2D eigenvalue weighted by Crippen LogP contribution is -2.62. The Morgan fingerprint density at radius 1 is 0.982 bits per heavy atom. The van der Waals surface area contributed by atoms with Gasteiger partial charge < -0.3 is 30.3 Å². The molecule has 308 valence electrons. The van der Waals surface area contributed by atoms with E-state index < -0.39 is 12.2 Å². The van der Waals surface area contributed by atoms with E-state index in [0.717, 1.165) is 73.5 Å². The van der Waals surface area contributed by atoms with Gasteiger partial charge in [-0.15, -0.1) is 0 Å². The molecule has 7 rings (SSSR count). The zero-order chi connectivity index (χ0) is 40.6. The summed E-state index contributed by atoms with van der Waals surface area (Å²) in [6.45, 7) is 11.6. The number of anilines is 1. The number of amides is 1. The van der Waals surface area contributed by atoms with Crippen molar-refractivity contribution in [2.24, 2.45) is 46.3 Å². The highest BCUT2D eigenvalue weighted by atomic mass is 16.5. The second-order valence-electron chi connectivity index (χ2n) is 18.3. The van der Waals surface area contributed by atoms with Gasteiger partial charge in [-0.25, -0.2) is 0 Å². The number of esters is 1. The fourth-order valence-electron chi connectivity index (χ4n) is 12.3. The molecule has 4 aliphatic carbocycles. The molecule has 0 bridgehead atoms. The zero-order valence-electron chi connectivity index (χ0n) is 34.7. The van der Waals surface area contributed by atoms with Crippen molar-refractivity contribution in [2.75, 3.05) is 25.6 Å². The number of pyridine rings is 1. The Morgan fingerprint density at radius 2 is 1.74 bits per heavy atom. The molecular weight excluding hydrogens is 719 g/mol. The minimum absolute atomic E-state index is 0.0377. The molecule has 4 saturated carbocycles. The number of aromatic nitrogens is 1. The number of carbonyl (C=O) groups excluding carboxylic acids is 3. The van der Waals surface area contributed by atoms with E-state index in [4.69, 9.17) is 9.47 Å². The molecule has 1 aromatic heterocycles. The molecule has 0 saturated heterocycles. The molecule has 4 fully saturated rings. The summed E-state index contributed by atoms with van der Waals surface area (Å²) in [6.07, 6.45) is 6.77.